The van der Waals surface area contributed by atoms with Gasteiger partial charge in [0, 0.05) is 24.0 Å². The molecule has 6 heteroatoms. The maximum atomic E-state index is 12.4. The van der Waals surface area contributed by atoms with Gasteiger partial charge in [-0.1, -0.05) is 24.3 Å². The Kier molecular flexibility index (Phi) is 5.18. The standard InChI is InChI=1S/C21H21N3O2S/c1-26-18-8-6-16(7-9-18)19-14-27-21(22-19)23-20(25)13-24-11-10-15-4-2-3-5-17(15)12-24/h2-9,14H,10-13H2,1H3,(H,22,23,25). The fraction of sp³-hybridized carbons (Fsp3) is 0.238. The van der Waals surface area contributed by atoms with Crippen LogP contribution in [0, 0.1) is 0 Å². The summed E-state index contributed by atoms with van der Waals surface area (Å²) in [5.41, 5.74) is 4.55. The molecule has 1 aliphatic heterocycles. The lowest BCUT2D eigenvalue weighted by Crippen LogP contribution is -2.37. The van der Waals surface area contributed by atoms with Gasteiger partial charge in [-0.2, -0.15) is 0 Å². The molecule has 1 aliphatic rings. The number of anilines is 1. The van der Waals surface area contributed by atoms with E-state index in [1.807, 2.05) is 29.6 Å². The third kappa shape index (κ3) is 4.18. The average molecular weight is 379 g/mol. The number of fused-ring (bicyclic) bond motifs is 1. The molecule has 2 heterocycles. The van der Waals surface area contributed by atoms with Gasteiger partial charge in [-0.25, -0.2) is 4.98 Å². The highest BCUT2D eigenvalue weighted by atomic mass is 32.1. The summed E-state index contributed by atoms with van der Waals surface area (Å²) >= 11 is 1.44. The van der Waals surface area contributed by atoms with Crippen LogP contribution in [0.1, 0.15) is 11.1 Å². The number of hydrogen-bond acceptors (Lipinski definition) is 5. The number of nitrogens with one attached hydrogen (secondary N) is 1. The van der Waals surface area contributed by atoms with Crippen molar-refractivity contribution in [1.29, 1.82) is 0 Å². The van der Waals surface area contributed by atoms with Crippen LogP contribution < -0.4 is 10.1 Å². The van der Waals surface area contributed by atoms with Crippen LogP contribution in [0.5, 0.6) is 5.75 Å². The first-order valence-electron chi connectivity index (χ1n) is 8.90. The summed E-state index contributed by atoms with van der Waals surface area (Å²) in [5, 5.41) is 5.51. The average Bonchev–Trinajstić information content (AvgIpc) is 3.16. The predicted octanol–water partition coefficient (Wildman–Crippen LogP) is 3.82. The molecule has 0 saturated carbocycles. The molecule has 0 spiro atoms. The Balaban J connectivity index is 1.35. The highest BCUT2D eigenvalue weighted by Crippen LogP contribution is 2.26. The molecular formula is C21H21N3O2S. The van der Waals surface area contributed by atoms with E-state index in [1.165, 1.54) is 22.5 Å². The number of hydrogen-bond donors (Lipinski definition) is 1. The molecule has 5 nitrogen and oxygen atoms in total. The fourth-order valence-corrected chi connectivity index (χ4v) is 4.01. The summed E-state index contributed by atoms with van der Waals surface area (Å²) in [6.45, 7) is 2.10. The molecule has 0 aliphatic carbocycles. The number of benzene rings is 2. The molecule has 0 radical (unpaired) electrons. The summed E-state index contributed by atoms with van der Waals surface area (Å²) in [6.07, 6.45) is 0.988. The van der Waals surface area contributed by atoms with Crippen molar-refractivity contribution in [2.75, 3.05) is 25.5 Å². The van der Waals surface area contributed by atoms with Crippen molar-refractivity contribution in [2.24, 2.45) is 0 Å². The van der Waals surface area contributed by atoms with Gasteiger partial charge >= 0.3 is 0 Å². The zero-order valence-corrected chi connectivity index (χ0v) is 16.0. The predicted molar refractivity (Wildman–Crippen MR) is 108 cm³/mol. The highest BCUT2D eigenvalue weighted by molar-refractivity contribution is 7.14. The van der Waals surface area contributed by atoms with E-state index in [1.54, 1.807) is 7.11 Å². The molecule has 4 rings (SSSR count). The number of amides is 1. The van der Waals surface area contributed by atoms with Gasteiger partial charge in [-0.05, 0) is 41.8 Å². The number of carbonyl (C=O) groups is 1. The first kappa shape index (κ1) is 17.7. The third-order valence-electron chi connectivity index (χ3n) is 4.71. The number of rotatable bonds is 5. The molecule has 0 atom stereocenters. The second kappa shape index (κ2) is 7.90. The van der Waals surface area contributed by atoms with Crippen molar-refractivity contribution in [2.45, 2.75) is 13.0 Å². The van der Waals surface area contributed by atoms with Crippen molar-refractivity contribution in [3.63, 3.8) is 0 Å². The molecule has 1 aromatic heterocycles. The highest BCUT2D eigenvalue weighted by Gasteiger charge is 2.18. The van der Waals surface area contributed by atoms with E-state index in [0.717, 1.165) is 36.5 Å². The first-order chi connectivity index (χ1) is 13.2. The minimum absolute atomic E-state index is 0.0231. The second-order valence-corrected chi connectivity index (χ2v) is 7.40. The zero-order valence-electron chi connectivity index (χ0n) is 15.1. The van der Waals surface area contributed by atoms with Gasteiger partial charge in [0.15, 0.2) is 5.13 Å². The summed E-state index contributed by atoms with van der Waals surface area (Å²) in [6, 6.07) is 16.2. The Morgan fingerprint density at radius 3 is 2.74 bits per heavy atom. The Morgan fingerprint density at radius 1 is 1.19 bits per heavy atom. The van der Waals surface area contributed by atoms with Crippen molar-refractivity contribution in [3.05, 3.63) is 65.0 Å². The van der Waals surface area contributed by atoms with Crippen molar-refractivity contribution < 1.29 is 9.53 Å². The number of aromatic nitrogens is 1. The number of ether oxygens (including phenoxy) is 1. The van der Waals surface area contributed by atoms with Gasteiger partial charge in [-0.3, -0.25) is 9.69 Å². The topological polar surface area (TPSA) is 54.5 Å². The summed E-state index contributed by atoms with van der Waals surface area (Å²) < 4.78 is 5.18. The molecular weight excluding hydrogens is 358 g/mol. The van der Waals surface area contributed by atoms with E-state index >= 15 is 0 Å². The van der Waals surface area contributed by atoms with Crippen LogP contribution in [-0.4, -0.2) is 36.0 Å². The van der Waals surface area contributed by atoms with E-state index in [4.69, 9.17) is 4.74 Å². The molecule has 3 aromatic rings. The zero-order chi connectivity index (χ0) is 18.6. The SMILES string of the molecule is COc1ccc(-c2csc(NC(=O)CN3CCc4ccccc4C3)n2)cc1. The molecule has 0 unspecified atom stereocenters. The number of methoxy groups -OCH3 is 1. The smallest absolute Gasteiger partial charge is 0.240 e. The van der Waals surface area contributed by atoms with E-state index in [9.17, 15) is 4.79 Å². The molecule has 0 bridgehead atoms. The van der Waals surface area contributed by atoms with Crippen LogP contribution in [0.3, 0.4) is 0 Å². The Morgan fingerprint density at radius 2 is 1.96 bits per heavy atom. The molecule has 1 amide bonds. The van der Waals surface area contributed by atoms with Gasteiger partial charge in [0.1, 0.15) is 5.75 Å². The van der Waals surface area contributed by atoms with E-state index in [0.29, 0.717) is 11.7 Å². The van der Waals surface area contributed by atoms with Crippen molar-refractivity contribution in [1.82, 2.24) is 9.88 Å². The number of carbonyl (C=O) groups excluding carboxylic acids is 1. The molecule has 0 fully saturated rings. The largest absolute Gasteiger partial charge is 0.497 e. The van der Waals surface area contributed by atoms with E-state index < -0.39 is 0 Å². The Hall–Kier alpha value is -2.70. The molecule has 1 N–H and O–H groups in total. The van der Waals surface area contributed by atoms with Crippen LogP contribution in [-0.2, 0) is 17.8 Å². The van der Waals surface area contributed by atoms with Crippen LogP contribution in [0.2, 0.25) is 0 Å². The van der Waals surface area contributed by atoms with E-state index in [2.05, 4.69) is 39.5 Å². The quantitative estimate of drug-likeness (QED) is 0.732. The summed E-state index contributed by atoms with van der Waals surface area (Å²) in [7, 11) is 1.65. The van der Waals surface area contributed by atoms with Gasteiger partial charge in [-0.15, -0.1) is 11.3 Å². The third-order valence-corrected chi connectivity index (χ3v) is 5.47. The lowest BCUT2D eigenvalue weighted by molar-refractivity contribution is -0.117. The Bertz CT molecular complexity index is 937. The minimum Gasteiger partial charge on any atom is -0.497 e. The van der Waals surface area contributed by atoms with Crippen LogP contribution in [0.4, 0.5) is 5.13 Å². The minimum atomic E-state index is -0.0231. The maximum Gasteiger partial charge on any atom is 0.240 e. The maximum absolute atomic E-state index is 12.4. The summed E-state index contributed by atoms with van der Waals surface area (Å²) in [5.74, 6) is 0.788. The lowest BCUT2D eigenvalue weighted by Gasteiger charge is -2.27. The van der Waals surface area contributed by atoms with Gasteiger partial charge < -0.3 is 10.1 Å². The Labute approximate surface area is 162 Å². The van der Waals surface area contributed by atoms with Gasteiger partial charge in [0.05, 0.1) is 19.3 Å². The van der Waals surface area contributed by atoms with Crippen LogP contribution >= 0.6 is 11.3 Å². The monoisotopic (exact) mass is 379 g/mol. The molecule has 138 valence electrons. The van der Waals surface area contributed by atoms with Gasteiger partial charge in [0.2, 0.25) is 5.91 Å². The fourth-order valence-electron chi connectivity index (χ4n) is 3.28. The lowest BCUT2D eigenvalue weighted by atomic mass is 10.00. The van der Waals surface area contributed by atoms with Crippen molar-refractivity contribution in [3.8, 4) is 17.0 Å². The molecule has 2 aromatic carbocycles. The van der Waals surface area contributed by atoms with E-state index in [-0.39, 0.29) is 5.91 Å². The van der Waals surface area contributed by atoms with Crippen LogP contribution in [0.15, 0.2) is 53.9 Å². The normalized spacial score (nSPS) is 13.8. The molecule has 0 saturated heterocycles. The number of thiazole rings is 1. The van der Waals surface area contributed by atoms with Crippen LogP contribution in [0.25, 0.3) is 11.3 Å². The first-order valence-corrected chi connectivity index (χ1v) is 9.78. The summed E-state index contributed by atoms with van der Waals surface area (Å²) in [4.78, 5) is 19.1. The molecule has 27 heavy (non-hydrogen) atoms. The van der Waals surface area contributed by atoms with Crippen molar-refractivity contribution >= 4 is 22.4 Å². The second-order valence-electron chi connectivity index (χ2n) is 6.54. The number of nitrogens with zero attached hydrogens (tertiary/aromatic N) is 2. The van der Waals surface area contributed by atoms with Gasteiger partial charge in [0.25, 0.3) is 0 Å².